The van der Waals surface area contributed by atoms with E-state index in [-0.39, 0.29) is 4.90 Å². The van der Waals surface area contributed by atoms with E-state index in [1.165, 1.54) is 32.5 Å². The summed E-state index contributed by atoms with van der Waals surface area (Å²) in [6.45, 7) is 3.00. The molecule has 0 aliphatic heterocycles. The second-order valence-corrected chi connectivity index (χ2v) is 7.37. The van der Waals surface area contributed by atoms with Gasteiger partial charge < -0.3 is 14.8 Å². The number of pyridine rings is 1. The van der Waals surface area contributed by atoms with Crippen LogP contribution in [0.2, 0.25) is 0 Å². The van der Waals surface area contributed by atoms with Gasteiger partial charge in [0.25, 0.3) is 10.0 Å². The third-order valence-electron chi connectivity index (χ3n) is 3.77. The van der Waals surface area contributed by atoms with Crippen LogP contribution in [0.3, 0.4) is 0 Å². The van der Waals surface area contributed by atoms with Gasteiger partial charge in [0.05, 0.1) is 31.0 Å². The van der Waals surface area contributed by atoms with E-state index in [9.17, 15) is 8.42 Å². The van der Waals surface area contributed by atoms with Crippen molar-refractivity contribution < 1.29 is 17.9 Å². The Hall–Kier alpha value is -2.48. The van der Waals surface area contributed by atoms with Gasteiger partial charge >= 0.3 is 0 Å². The molecule has 26 heavy (non-hydrogen) atoms. The van der Waals surface area contributed by atoms with Crippen LogP contribution < -0.4 is 19.5 Å². The first-order chi connectivity index (χ1) is 12.5. The number of sulfonamides is 1. The number of hydrogen-bond donors (Lipinski definition) is 2. The largest absolute Gasteiger partial charge is 0.493 e. The number of nitrogens with zero attached hydrogens (tertiary/aromatic N) is 1. The molecule has 0 aliphatic rings. The Morgan fingerprint density at radius 3 is 2.42 bits per heavy atom. The molecule has 0 spiro atoms. The van der Waals surface area contributed by atoms with Gasteiger partial charge in [-0.2, -0.15) is 0 Å². The highest BCUT2D eigenvalue weighted by atomic mass is 32.2. The van der Waals surface area contributed by atoms with Crippen molar-refractivity contribution in [2.24, 2.45) is 0 Å². The summed E-state index contributed by atoms with van der Waals surface area (Å²) in [6.07, 6.45) is 4.88. The van der Waals surface area contributed by atoms with Crippen molar-refractivity contribution in [3.63, 3.8) is 0 Å². The molecule has 0 amide bonds. The van der Waals surface area contributed by atoms with E-state index in [0.29, 0.717) is 17.2 Å². The maximum Gasteiger partial charge on any atom is 0.262 e. The minimum atomic E-state index is -3.75. The highest BCUT2D eigenvalue weighted by Crippen LogP contribution is 2.30. The molecule has 0 atom stereocenters. The average molecular weight is 379 g/mol. The summed E-state index contributed by atoms with van der Waals surface area (Å²) in [5.74, 6) is 1.53. The number of aromatic nitrogens is 1. The molecule has 1 heterocycles. The standard InChI is InChI=1S/C18H25N3O4S/c1-4-5-6-11-19-18-10-7-14(13-20-18)21-26(22,23)15-8-9-16(24-2)17(12-15)25-3/h7-10,12-13,21H,4-6,11H2,1-3H3,(H,19,20). The zero-order valence-corrected chi connectivity index (χ0v) is 16.1. The number of nitrogens with one attached hydrogen (secondary N) is 2. The van der Waals surface area contributed by atoms with Gasteiger partial charge in [-0.05, 0) is 30.7 Å². The van der Waals surface area contributed by atoms with Crippen molar-refractivity contribution in [2.75, 3.05) is 30.8 Å². The Balaban J connectivity index is 2.07. The van der Waals surface area contributed by atoms with Gasteiger partial charge in [-0.3, -0.25) is 4.72 Å². The van der Waals surface area contributed by atoms with Crippen molar-refractivity contribution in [1.82, 2.24) is 4.98 Å². The van der Waals surface area contributed by atoms with Gasteiger partial charge in [0.15, 0.2) is 11.5 Å². The number of anilines is 2. The molecular weight excluding hydrogens is 354 g/mol. The summed E-state index contributed by atoms with van der Waals surface area (Å²) in [7, 11) is -0.804. The summed E-state index contributed by atoms with van der Waals surface area (Å²) < 4.78 is 37.9. The van der Waals surface area contributed by atoms with Gasteiger partial charge in [-0.1, -0.05) is 19.8 Å². The summed E-state index contributed by atoms with van der Waals surface area (Å²) >= 11 is 0. The highest BCUT2D eigenvalue weighted by Gasteiger charge is 2.17. The van der Waals surface area contributed by atoms with Crippen LogP contribution in [0.25, 0.3) is 0 Å². The minimum absolute atomic E-state index is 0.0805. The van der Waals surface area contributed by atoms with E-state index in [1.54, 1.807) is 18.2 Å². The van der Waals surface area contributed by atoms with Crippen LogP contribution in [0.1, 0.15) is 26.2 Å². The topological polar surface area (TPSA) is 89.5 Å². The smallest absolute Gasteiger partial charge is 0.262 e. The summed E-state index contributed by atoms with van der Waals surface area (Å²) in [5.41, 5.74) is 0.388. The van der Waals surface area contributed by atoms with Crippen LogP contribution >= 0.6 is 0 Å². The number of methoxy groups -OCH3 is 2. The molecule has 2 N–H and O–H groups in total. The Kier molecular flexibility index (Phi) is 7.08. The van der Waals surface area contributed by atoms with Crippen LogP contribution in [-0.4, -0.2) is 34.2 Å². The lowest BCUT2D eigenvalue weighted by molar-refractivity contribution is 0.354. The molecule has 0 radical (unpaired) electrons. The van der Waals surface area contributed by atoms with Crippen LogP contribution in [0.5, 0.6) is 11.5 Å². The lowest BCUT2D eigenvalue weighted by atomic mass is 10.2. The molecule has 0 unspecified atom stereocenters. The summed E-state index contributed by atoms with van der Waals surface area (Å²) in [5, 5.41) is 3.21. The molecule has 0 aliphatic carbocycles. The predicted molar refractivity (Wildman–Crippen MR) is 103 cm³/mol. The molecule has 2 aromatic rings. The van der Waals surface area contributed by atoms with Crippen LogP contribution in [0.4, 0.5) is 11.5 Å². The molecule has 1 aromatic heterocycles. The fourth-order valence-electron chi connectivity index (χ4n) is 2.35. The second kappa shape index (κ2) is 9.28. The Bertz CT molecular complexity index is 808. The lowest BCUT2D eigenvalue weighted by Gasteiger charge is -2.12. The molecule has 2 rings (SSSR count). The minimum Gasteiger partial charge on any atom is -0.493 e. The van der Waals surface area contributed by atoms with E-state index in [2.05, 4.69) is 21.9 Å². The van der Waals surface area contributed by atoms with Gasteiger partial charge in [-0.15, -0.1) is 0 Å². The maximum absolute atomic E-state index is 12.5. The summed E-state index contributed by atoms with van der Waals surface area (Å²) in [6, 6.07) is 7.85. The molecule has 142 valence electrons. The monoisotopic (exact) mass is 379 g/mol. The van der Waals surface area contributed by atoms with Crippen molar-refractivity contribution in [2.45, 2.75) is 31.1 Å². The molecule has 1 aromatic carbocycles. The van der Waals surface area contributed by atoms with Crippen molar-refractivity contribution in [3.05, 3.63) is 36.5 Å². The Morgan fingerprint density at radius 2 is 1.81 bits per heavy atom. The van der Waals surface area contributed by atoms with E-state index in [0.717, 1.165) is 31.6 Å². The van der Waals surface area contributed by atoms with E-state index >= 15 is 0 Å². The van der Waals surface area contributed by atoms with E-state index < -0.39 is 10.0 Å². The number of ether oxygens (including phenoxy) is 2. The van der Waals surface area contributed by atoms with Crippen molar-refractivity contribution in [1.29, 1.82) is 0 Å². The second-order valence-electron chi connectivity index (χ2n) is 5.69. The number of benzene rings is 1. The lowest BCUT2D eigenvalue weighted by Crippen LogP contribution is -2.13. The first-order valence-electron chi connectivity index (χ1n) is 8.45. The van der Waals surface area contributed by atoms with Gasteiger partial charge in [0, 0.05) is 12.6 Å². The zero-order valence-electron chi connectivity index (χ0n) is 15.3. The first kappa shape index (κ1) is 19.8. The molecule has 7 nitrogen and oxygen atoms in total. The summed E-state index contributed by atoms with van der Waals surface area (Å²) in [4.78, 5) is 4.31. The number of unbranched alkanes of at least 4 members (excludes halogenated alkanes) is 2. The predicted octanol–water partition coefficient (Wildman–Crippen LogP) is 3.50. The molecule has 8 heteroatoms. The van der Waals surface area contributed by atoms with Gasteiger partial charge in [0.1, 0.15) is 5.82 Å². The Labute approximate surface area is 154 Å². The SMILES string of the molecule is CCCCCNc1ccc(NS(=O)(=O)c2ccc(OC)c(OC)c2)cn1. The fourth-order valence-corrected chi connectivity index (χ4v) is 3.41. The normalized spacial score (nSPS) is 11.0. The zero-order chi connectivity index (χ0) is 19.0. The Morgan fingerprint density at radius 1 is 1.04 bits per heavy atom. The van der Waals surface area contributed by atoms with E-state index in [1.807, 2.05) is 0 Å². The molecular formula is C18H25N3O4S. The first-order valence-corrected chi connectivity index (χ1v) is 9.93. The van der Waals surface area contributed by atoms with Crippen LogP contribution in [0.15, 0.2) is 41.4 Å². The van der Waals surface area contributed by atoms with Crippen LogP contribution in [0, 0.1) is 0 Å². The quantitative estimate of drug-likeness (QED) is 0.614. The van der Waals surface area contributed by atoms with Crippen molar-refractivity contribution >= 4 is 21.5 Å². The molecule has 0 saturated carbocycles. The van der Waals surface area contributed by atoms with Gasteiger partial charge in [0.2, 0.25) is 0 Å². The number of hydrogen-bond acceptors (Lipinski definition) is 6. The maximum atomic E-state index is 12.5. The molecule has 0 bridgehead atoms. The third kappa shape index (κ3) is 5.26. The van der Waals surface area contributed by atoms with E-state index in [4.69, 9.17) is 9.47 Å². The molecule has 0 fully saturated rings. The van der Waals surface area contributed by atoms with Crippen molar-refractivity contribution in [3.8, 4) is 11.5 Å². The fraction of sp³-hybridized carbons (Fsp3) is 0.389. The molecule has 0 saturated heterocycles. The number of rotatable bonds is 10. The average Bonchev–Trinajstić information content (AvgIpc) is 2.65. The van der Waals surface area contributed by atoms with Gasteiger partial charge in [-0.25, -0.2) is 13.4 Å². The van der Waals surface area contributed by atoms with Crippen LogP contribution in [-0.2, 0) is 10.0 Å². The highest BCUT2D eigenvalue weighted by molar-refractivity contribution is 7.92. The third-order valence-corrected chi connectivity index (χ3v) is 5.15.